The number of aliphatic hydroxyl groups is 1. The van der Waals surface area contributed by atoms with Crippen LogP contribution in [0.1, 0.15) is 11.7 Å². The summed E-state index contributed by atoms with van der Waals surface area (Å²) < 4.78 is 0. The molecule has 2 N–H and O–H groups in total. The second kappa shape index (κ2) is 3.87. The molecule has 0 aromatic carbocycles. The lowest BCUT2D eigenvalue weighted by Gasteiger charge is -2.05. The minimum atomic E-state index is -1.74. The van der Waals surface area contributed by atoms with E-state index < -0.39 is 12.1 Å². The van der Waals surface area contributed by atoms with Gasteiger partial charge in [0.2, 0.25) is 0 Å². The number of hydrogen-bond acceptors (Lipinski definition) is 4. The predicted molar refractivity (Wildman–Crippen MR) is 44.6 cm³/mol. The summed E-state index contributed by atoms with van der Waals surface area (Å²) in [5.41, 5.74) is -0.0748. The first-order chi connectivity index (χ1) is 6.02. The maximum Gasteiger partial charge on any atom is 0.337 e. The largest absolute Gasteiger partial charge is 0.479 e. The number of aliphatic hydroxyl groups excluding tert-OH is 1. The highest BCUT2D eigenvalue weighted by Gasteiger charge is 2.20. The highest BCUT2D eigenvalue weighted by atomic mass is 35.5. The standard InChI is InChI=1S/C6H4Cl2N2O3/c7-3-1-2(4(11)6(12)13)5(8)10-9-3/h1,4,11H,(H,12,13). The normalized spacial score (nSPS) is 12.5. The highest BCUT2D eigenvalue weighted by Crippen LogP contribution is 2.22. The van der Waals surface area contributed by atoms with E-state index in [9.17, 15) is 4.79 Å². The van der Waals surface area contributed by atoms with Crippen molar-refractivity contribution in [2.45, 2.75) is 6.10 Å². The van der Waals surface area contributed by atoms with Crippen molar-refractivity contribution in [3.8, 4) is 0 Å². The Morgan fingerprint density at radius 1 is 1.46 bits per heavy atom. The maximum atomic E-state index is 10.4. The van der Waals surface area contributed by atoms with Crippen molar-refractivity contribution in [1.82, 2.24) is 10.2 Å². The van der Waals surface area contributed by atoms with Crippen molar-refractivity contribution in [2.24, 2.45) is 0 Å². The van der Waals surface area contributed by atoms with Crippen LogP contribution in [0.15, 0.2) is 6.07 Å². The fourth-order valence-electron chi connectivity index (χ4n) is 0.691. The van der Waals surface area contributed by atoms with E-state index in [1.165, 1.54) is 0 Å². The number of nitrogens with zero attached hydrogens (tertiary/aromatic N) is 2. The summed E-state index contributed by atoms with van der Waals surface area (Å²) in [6.45, 7) is 0. The summed E-state index contributed by atoms with van der Waals surface area (Å²) in [4.78, 5) is 10.4. The lowest BCUT2D eigenvalue weighted by atomic mass is 10.2. The van der Waals surface area contributed by atoms with Gasteiger partial charge in [-0.05, 0) is 6.07 Å². The molecule has 70 valence electrons. The topological polar surface area (TPSA) is 83.3 Å². The minimum Gasteiger partial charge on any atom is -0.479 e. The third kappa shape index (κ3) is 2.27. The van der Waals surface area contributed by atoms with Crippen LogP contribution in [0.3, 0.4) is 0 Å². The zero-order valence-corrected chi connectivity index (χ0v) is 7.62. The Hall–Kier alpha value is -0.910. The van der Waals surface area contributed by atoms with Gasteiger partial charge in [0.05, 0.1) is 0 Å². The lowest BCUT2D eigenvalue weighted by molar-refractivity contribution is -0.146. The summed E-state index contributed by atoms with van der Waals surface area (Å²) in [5.74, 6) is -1.43. The Morgan fingerprint density at radius 2 is 2.08 bits per heavy atom. The molecule has 0 saturated heterocycles. The molecule has 0 aliphatic rings. The molecule has 1 aromatic heterocycles. The van der Waals surface area contributed by atoms with Crippen LogP contribution in [0.25, 0.3) is 0 Å². The molecule has 0 radical (unpaired) electrons. The van der Waals surface area contributed by atoms with Gasteiger partial charge in [-0.2, -0.15) is 0 Å². The van der Waals surface area contributed by atoms with E-state index in [1.54, 1.807) is 0 Å². The molecule has 0 bridgehead atoms. The molecule has 1 atom stereocenters. The maximum absolute atomic E-state index is 10.4. The van der Waals surface area contributed by atoms with Gasteiger partial charge in [-0.1, -0.05) is 23.2 Å². The van der Waals surface area contributed by atoms with Crippen LogP contribution in [-0.4, -0.2) is 26.4 Å². The predicted octanol–water partition coefficient (Wildman–Crippen LogP) is 0.901. The van der Waals surface area contributed by atoms with Gasteiger partial charge in [-0.15, -0.1) is 10.2 Å². The fraction of sp³-hybridized carbons (Fsp3) is 0.167. The molecule has 1 heterocycles. The summed E-state index contributed by atoms with van der Waals surface area (Å²) in [6, 6.07) is 1.15. The molecule has 1 unspecified atom stereocenters. The van der Waals surface area contributed by atoms with Gasteiger partial charge in [0.15, 0.2) is 16.4 Å². The van der Waals surface area contributed by atoms with Gasteiger partial charge in [0.25, 0.3) is 0 Å². The highest BCUT2D eigenvalue weighted by molar-refractivity contribution is 6.31. The number of hydrogen-bond donors (Lipinski definition) is 2. The first kappa shape index (κ1) is 10.2. The molecule has 0 aliphatic carbocycles. The molecule has 0 aliphatic heterocycles. The van der Waals surface area contributed by atoms with E-state index >= 15 is 0 Å². The fourth-order valence-corrected chi connectivity index (χ4v) is 1.04. The number of aliphatic carboxylic acids is 1. The number of carbonyl (C=O) groups is 1. The molecule has 0 amide bonds. The molecule has 0 fully saturated rings. The van der Waals surface area contributed by atoms with E-state index in [1.807, 2.05) is 0 Å². The lowest BCUT2D eigenvalue weighted by Crippen LogP contribution is -2.11. The van der Waals surface area contributed by atoms with E-state index in [2.05, 4.69) is 10.2 Å². The van der Waals surface area contributed by atoms with Crippen LogP contribution < -0.4 is 0 Å². The number of carboxylic acids is 1. The van der Waals surface area contributed by atoms with Crippen LogP contribution in [0.2, 0.25) is 10.3 Å². The van der Waals surface area contributed by atoms with Gasteiger partial charge in [0, 0.05) is 5.56 Å². The van der Waals surface area contributed by atoms with E-state index in [0.717, 1.165) is 6.07 Å². The second-order valence-corrected chi connectivity index (χ2v) is 2.90. The van der Waals surface area contributed by atoms with Crippen LogP contribution in [0.5, 0.6) is 0 Å². The molecular formula is C6H4Cl2N2O3. The molecule has 13 heavy (non-hydrogen) atoms. The zero-order valence-electron chi connectivity index (χ0n) is 6.11. The summed E-state index contributed by atoms with van der Waals surface area (Å²) in [7, 11) is 0. The third-order valence-electron chi connectivity index (χ3n) is 1.27. The number of rotatable bonds is 2. The first-order valence-electron chi connectivity index (χ1n) is 3.12. The Kier molecular flexibility index (Phi) is 3.02. The van der Waals surface area contributed by atoms with Gasteiger partial charge < -0.3 is 10.2 Å². The van der Waals surface area contributed by atoms with Crippen LogP contribution in [0, 0.1) is 0 Å². The van der Waals surface area contributed by atoms with Crippen LogP contribution in [-0.2, 0) is 4.79 Å². The second-order valence-electron chi connectivity index (χ2n) is 2.15. The Labute approximate surface area is 82.9 Å². The van der Waals surface area contributed by atoms with Crippen LogP contribution in [0.4, 0.5) is 0 Å². The molecule has 1 rings (SSSR count). The van der Waals surface area contributed by atoms with Crippen molar-refractivity contribution in [1.29, 1.82) is 0 Å². The Bertz CT molecular complexity index is 345. The van der Waals surface area contributed by atoms with Crippen molar-refractivity contribution in [3.63, 3.8) is 0 Å². The van der Waals surface area contributed by atoms with Gasteiger partial charge in [-0.25, -0.2) is 4.79 Å². The van der Waals surface area contributed by atoms with Gasteiger partial charge in [-0.3, -0.25) is 0 Å². The summed E-state index contributed by atoms with van der Waals surface area (Å²) >= 11 is 10.9. The third-order valence-corrected chi connectivity index (χ3v) is 1.75. The molecule has 5 nitrogen and oxygen atoms in total. The number of carboxylic acid groups (broad SMARTS) is 1. The molecular weight excluding hydrogens is 219 g/mol. The number of aromatic nitrogens is 2. The minimum absolute atomic E-state index is 0.0281. The Balaban J connectivity index is 3.12. The summed E-state index contributed by atoms with van der Waals surface area (Å²) in [5, 5.41) is 24.0. The monoisotopic (exact) mass is 222 g/mol. The van der Waals surface area contributed by atoms with E-state index in [-0.39, 0.29) is 15.9 Å². The molecule has 7 heteroatoms. The molecule has 0 saturated carbocycles. The van der Waals surface area contributed by atoms with Crippen molar-refractivity contribution >= 4 is 29.2 Å². The van der Waals surface area contributed by atoms with Crippen molar-refractivity contribution in [2.75, 3.05) is 0 Å². The van der Waals surface area contributed by atoms with Gasteiger partial charge >= 0.3 is 5.97 Å². The Morgan fingerprint density at radius 3 is 2.62 bits per heavy atom. The van der Waals surface area contributed by atoms with E-state index in [4.69, 9.17) is 33.4 Å². The molecule has 0 spiro atoms. The van der Waals surface area contributed by atoms with Crippen LogP contribution >= 0.6 is 23.2 Å². The first-order valence-corrected chi connectivity index (χ1v) is 3.87. The summed E-state index contributed by atoms with van der Waals surface area (Å²) in [6.07, 6.45) is -1.74. The molecule has 1 aromatic rings. The van der Waals surface area contributed by atoms with Crippen molar-refractivity contribution in [3.05, 3.63) is 21.9 Å². The SMILES string of the molecule is O=C(O)C(O)c1cc(Cl)nnc1Cl. The van der Waals surface area contributed by atoms with Gasteiger partial charge in [0.1, 0.15) is 0 Å². The average molecular weight is 223 g/mol. The average Bonchev–Trinajstić information content (AvgIpc) is 2.08. The quantitative estimate of drug-likeness (QED) is 0.778. The smallest absolute Gasteiger partial charge is 0.337 e. The van der Waals surface area contributed by atoms with E-state index in [0.29, 0.717) is 0 Å². The number of halogens is 2. The van der Waals surface area contributed by atoms with Crippen molar-refractivity contribution < 1.29 is 15.0 Å². The zero-order chi connectivity index (χ0) is 10.0.